The molecular weight excluding hydrogens is 338 g/mol. The number of hydrogen-bond donors (Lipinski definition) is 1. The Balaban J connectivity index is 1.91. The van der Waals surface area contributed by atoms with Gasteiger partial charge in [0.25, 0.3) is 0 Å². The van der Waals surface area contributed by atoms with Crippen molar-refractivity contribution in [1.82, 2.24) is 15.1 Å². The fourth-order valence-electron chi connectivity index (χ4n) is 1.82. The Hall–Kier alpha value is -2.02. The summed E-state index contributed by atoms with van der Waals surface area (Å²) in [6.07, 6.45) is 3.39. The van der Waals surface area contributed by atoms with E-state index in [1.54, 1.807) is 31.3 Å². The first-order chi connectivity index (χ1) is 10.1. The molecule has 7 heteroatoms. The number of carbonyl (C=O) groups excluding carboxylic acids is 1. The van der Waals surface area contributed by atoms with Crippen LogP contribution in [0.2, 0.25) is 0 Å². The van der Waals surface area contributed by atoms with Crippen molar-refractivity contribution in [3.8, 4) is 11.5 Å². The van der Waals surface area contributed by atoms with Crippen molar-refractivity contribution >= 4 is 21.8 Å². The van der Waals surface area contributed by atoms with E-state index < -0.39 is 0 Å². The van der Waals surface area contributed by atoms with Gasteiger partial charge in [-0.3, -0.25) is 9.48 Å². The summed E-state index contributed by atoms with van der Waals surface area (Å²) < 4.78 is 12.8. The van der Waals surface area contributed by atoms with Crippen LogP contribution in [0.15, 0.2) is 35.1 Å². The summed E-state index contributed by atoms with van der Waals surface area (Å²) >= 11 is 3.29. The van der Waals surface area contributed by atoms with Gasteiger partial charge < -0.3 is 14.8 Å². The van der Waals surface area contributed by atoms with Crippen molar-refractivity contribution in [3.63, 3.8) is 0 Å². The number of nitrogens with zero attached hydrogens (tertiary/aromatic N) is 2. The standard InChI is InChI=1S/C14H16BrN3O3/c1-20-12-4-3-10(5-13(12)21-2)6-16-14(19)9-18-8-11(15)7-17-18/h3-5,7-8H,6,9H2,1-2H3,(H,16,19). The largest absolute Gasteiger partial charge is 0.493 e. The van der Waals surface area contributed by atoms with E-state index in [0.29, 0.717) is 18.0 Å². The summed E-state index contributed by atoms with van der Waals surface area (Å²) in [5.74, 6) is 1.19. The van der Waals surface area contributed by atoms with Crippen molar-refractivity contribution in [2.75, 3.05) is 14.2 Å². The van der Waals surface area contributed by atoms with E-state index in [1.807, 2.05) is 18.2 Å². The van der Waals surface area contributed by atoms with Crippen LogP contribution in [-0.4, -0.2) is 29.9 Å². The SMILES string of the molecule is COc1ccc(CNC(=O)Cn2cc(Br)cn2)cc1OC. The zero-order chi connectivity index (χ0) is 15.2. The van der Waals surface area contributed by atoms with Crippen LogP contribution in [0, 0.1) is 0 Å². The van der Waals surface area contributed by atoms with Crippen LogP contribution in [0.1, 0.15) is 5.56 Å². The number of aromatic nitrogens is 2. The lowest BCUT2D eigenvalue weighted by molar-refractivity contribution is -0.122. The maximum absolute atomic E-state index is 11.8. The molecule has 0 spiro atoms. The fourth-order valence-corrected chi connectivity index (χ4v) is 2.15. The minimum Gasteiger partial charge on any atom is -0.493 e. The molecule has 21 heavy (non-hydrogen) atoms. The lowest BCUT2D eigenvalue weighted by Gasteiger charge is -2.10. The lowest BCUT2D eigenvalue weighted by atomic mass is 10.2. The zero-order valence-corrected chi connectivity index (χ0v) is 13.4. The molecule has 2 aromatic rings. The molecule has 0 aliphatic heterocycles. The second-order valence-electron chi connectivity index (χ2n) is 4.32. The Kier molecular flexibility index (Phi) is 5.21. The predicted octanol–water partition coefficient (Wildman–Crippen LogP) is 1.98. The molecule has 1 heterocycles. The fraction of sp³-hybridized carbons (Fsp3) is 0.286. The number of carbonyl (C=O) groups is 1. The first-order valence-electron chi connectivity index (χ1n) is 6.28. The molecule has 0 atom stereocenters. The maximum atomic E-state index is 11.8. The normalized spacial score (nSPS) is 10.2. The van der Waals surface area contributed by atoms with Gasteiger partial charge in [0.05, 0.1) is 24.9 Å². The van der Waals surface area contributed by atoms with Gasteiger partial charge in [-0.2, -0.15) is 5.10 Å². The van der Waals surface area contributed by atoms with Gasteiger partial charge in [-0.05, 0) is 33.6 Å². The highest BCUT2D eigenvalue weighted by Crippen LogP contribution is 2.27. The minimum atomic E-state index is -0.111. The molecule has 0 unspecified atom stereocenters. The smallest absolute Gasteiger partial charge is 0.241 e. The topological polar surface area (TPSA) is 65.4 Å². The third-order valence-electron chi connectivity index (χ3n) is 2.84. The minimum absolute atomic E-state index is 0.111. The lowest BCUT2D eigenvalue weighted by Crippen LogP contribution is -2.27. The first-order valence-corrected chi connectivity index (χ1v) is 7.07. The van der Waals surface area contributed by atoms with Crippen molar-refractivity contribution in [2.24, 2.45) is 0 Å². The van der Waals surface area contributed by atoms with E-state index in [1.165, 1.54) is 0 Å². The molecule has 0 fully saturated rings. The van der Waals surface area contributed by atoms with Crippen LogP contribution >= 0.6 is 15.9 Å². The van der Waals surface area contributed by atoms with E-state index >= 15 is 0 Å². The second-order valence-corrected chi connectivity index (χ2v) is 5.24. The molecular formula is C14H16BrN3O3. The molecule has 0 saturated heterocycles. The van der Waals surface area contributed by atoms with Gasteiger partial charge in [0.1, 0.15) is 6.54 Å². The van der Waals surface area contributed by atoms with Crippen LogP contribution < -0.4 is 14.8 Å². The van der Waals surface area contributed by atoms with E-state index in [9.17, 15) is 4.79 Å². The molecule has 0 aliphatic carbocycles. The van der Waals surface area contributed by atoms with Crippen molar-refractivity contribution < 1.29 is 14.3 Å². The van der Waals surface area contributed by atoms with Crippen LogP contribution in [-0.2, 0) is 17.9 Å². The molecule has 0 radical (unpaired) electrons. The third-order valence-corrected chi connectivity index (χ3v) is 3.25. The van der Waals surface area contributed by atoms with Gasteiger partial charge in [-0.15, -0.1) is 0 Å². The number of amides is 1. The van der Waals surface area contributed by atoms with Gasteiger partial charge in [-0.25, -0.2) is 0 Å². The van der Waals surface area contributed by atoms with E-state index in [0.717, 1.165) is 10.0 Å². The second kappa shape index (κ2) is 7.12. The third kappa shape index (κ3) is 4.22. The summed E-state index contributed by atoms with van der Waals surface area (Å²) in [6.45, 7) is 0.598. The summed E-state index contributed by atoms with van der Waals surface area (Å²) in [7, 11) is 3.16. The van der Waals surface area contributed by atoms with Crippen LogP contribution in [0.3, 0.4) is 0 Å². The number of halogens is 1. The Morgan fingerprint density at radius 2 is 2.10 bits per heavy atom. The molecule has 1 N–H and O–H groups in total. The van der Waals surface area contributed by atoms with E-state index in [2.05, 4.69) is 26.3 Å². The Bertz CT molecular complexity index is 628. The van der Waals surface area contributed by atoms with Crippen molar-refractivity contribution in [1.29, 1.82) is 0 Å². The van der Waals surface area contributed by atoms with Crippen molar-refractivity contribution in [3.05, 3.63) is 40.6 Å². The average molecular weight is 354 g/mol. The predicted molar refractivity (Wildman–Crippen MR) is 81.3 cm³/mol. The molecule has 0 saturated carbocycles. The number of methoxy groups -OCH3 is 2. The molecule has 6 nitrogen and oxygen atoms in total. The van der Waals surface area contributed by atoms with Crippen molar-refractivity contribution in [2.45, 2.75) is 13.1 Å². The van der Waals surface area contributed by atoms with Gasteiger partial charge >= 0.3 is 0 Å². The van der Waals surface area contributed by atoms with Crippen LogP contribution in [0.25, 0.3) is 0 Å². The average Bonchev–Trinajstić information content (AvgIpc) is 2.89. The molecule has 2 rings (SSSR count). The molecule has 0 aliphatic rings. The van der Waals surface area contributed by atoms with E-state index in [4.69, 9.17) is 9.47 Å². The summed E-state index contributed by atoms with van der Waals surface area (Å²) in [6, 6.07) is 5.53. The molecule has 1 aromatic heterocycles. The number of rotatable bonds is 6. The van der Waals surface area contributed by atoms with Crippen LogP contribution in [0.5, 0.6) is 11.5 Å². The zero-order valence-electron chi connectivity index (χ0n) is 11.8. The molecule has 1 amide bonds. The Labute approximate surface area is 131 Å². The number of benzene rings is 1. The number of ether oxygens (including phenoxy) is 2. The highest BCUT2D eigenvalue weighted by molar-refractivity contribution is 9.10. The van der Waals surface area contributed by atoms with Gasteiger partial charge in [0, 0.05) is 12.7 Å². The van der Waals surface area contributed by atoms with Gasteiger partial charge in [-0.1, -0.05) is 6.07 Å². The molecule has 112 valence electrons. The van der Waals surface area contributed by atoms with E-state index in [-0.39, 0.29) is 12.5 Å². The summed E-state index contributed by atoms with van der Waals surface area (Å²) in [4.78, 5) is 11.8. The van der Waals surface area contributed by atoms with Gasteiger partial charge in [0.2, 0.25) is 5.91 Å². The summed E-state index contributed by atoms with van der Waals surface area (Å²) in [5.41, 5.74) is 0.933. The summed E-state index contributed by atoms with van der Waals surface area (Å²) in [5, 5.41) is 6.87. The highest BCUT2D eigenvalue weighted by Gasteiger charge is 2.07. The maximum Gasteiger partial charge on any atom is 0.241 e. The monoisotopic (exact) mass is 353 g/mol. The Morgan fingerprint density at radius 1 is 1.33 bits per heavy atom. The highest BCUT2D eigenvalue weighted by atomic mass is 79.9. The molecule has 0 bridgehead atoms. The van der Waals surface area contributed by atoms with Crippen LogP contribution in [0.4, 0.5) is 0 Å². The number of nitrogens with one attached hydrogen (secondary N) is 1. The molecule has 1 aromatic carbocycles. The Morgan fingerprint density at radius 3 is 2.71 bits per heavy atom. The first kappa shape index (κ1) is 15.4. The quantitative estimate of drug-likeness (QED) is 0.862. The number of hydrogen-bond acceptors (Lipinski definition) is 4. The van der Waals surface area contributed by atoms with Gasteiger partial charge in [0.15, 0.2) is 11.5 Å².